The summed E-state index contributed by atoms with van der Waals surface area (Å²) in [6.45, 7) is 1.93. The van der Waals surface area contributed by atoms with Gasteiger partial charge in [-0.1, -0.05) is 30.3 Å². The maximum absolute atomic E-state index is 13.1. The lowest BCUT2D eigenvalue weighted by molar-refractivity contribution is 0.597. The molecule has 3 rings (SSSR count). The van der Waals surface area contributed by atoms with E-state index in [4.69, 9.17) is 5.73 Å². The van der Waals surface area contributed by atoms with Gasteiger partial charge in [0.1, 0.15) is 5.82 Å². The standard InChI is InChI=1S/C17H15FN2/c1-17(19,12-7-9-13(18)10-8-12)15-5-2-6-16-14(15)4-3-11-20-16/h2-11H,19H2,1H3. The molecule has 3 aromatic rings. The lowest BCUT2D eigenvalue weighted by atomic mass is 9.83. The fraction of sp³-hybridized carbons (Fsp3) is 0.118. The number of halogens is 1. The lowest BCUT2D eigenvalue weighted by Crippen LogP contribution is -2.34. The van der Waals surface area contributed by atoms with Gasteiger partial charge in [0.25, 0.3) is 0 Å². The van der Waals surface area contributed by atoms with Crippen LogP contribution in [0.5, 0.6) is 0 Å². The molecule has 2 aromatic carbocycles. The molecule has 0 bridgehead atoms. The van der Waals surface area contributed by atoms with Gasteiger partial charge in [-0.3, -0.25) is 4.98 Å². The number of fused-ring (bicyclic) bond motifs is 1. The molecule has 0 aliphatic carbocycles. The molecule has 2 nitrogen and oxygen atoms in total. The van der Waals surface area contributed by atoms with E-state index in [9.17, 15) is 4.39 Å². The molecular formula is C17H15FN2. The molecule has 0 saturated heterocycles. The number of nitrogens with zero attached hydrogens (tertiary/aromatic N) is 1. The van der Waals surface area contributed by atoms with Crippen molar-refractivity contribution in [1.29, 1.82) is 0 Å². The number of aromatic nitrogens is 1. The van der Waals surface area contributed by atoms with E-state index < -0.39 is 5.54 Å². The van der Waals surface area contributed by atoms with Crippen LogP contribution >= 0.6 is 0 Å². The number of rotatable bonds is 2. The van der Waals surface area contributed by atoms with E-state index in [1.165, 1.54) is 12.1 Å². The smallest absolute Gasteiger partial charge is 0.123 e. The molecule has 0 amide bonds. The van der Waals surface area contributed by atoms with E-state index in [1.807, 2.05) is 37.3 Å². The van der Waals surface area contributed by atoms with Crippen LogP contribution in [-0.2, 0) is 5.54 Å². The SMILES string of the molecule is CC(N)(c1ccc(F)cc1)c1cccc2ncccc12. The van der Waals surface area contributed by atoms with Crippen LogP contribution in [-0.4, -0.2) is 4.98 Å². The Kier molecular flexibility index (Phi) is 2.99. The van der Waals surface area contributed by atoms with Gasteiger partial charge in [0.15, 0.2) is 0 Å². The van der Waals surface area contributed by atoms with Gasteiger partial charge in [0, 0.05) is 11.6 Å². The second-order valence-corrected chi connectivity index (χ2v) is 5.08. The summed E-state index contributed by atoms with van der Waals surface area (Å²) in [7, 11) is 0. The maximum atomic E-state index is 13.1. The van der Waals surface area contributed by atoms with Gasteiger partial charge in [-0.25, -0.2) is 4.39 Å². The first-order chi connectivity index (χ1) is 9.59. The zero-order chi connectivity index (χ0) is 14.2. The molecule has 0 saturated carbocycles. The Labute approximate surface area is 117 Å². The number of hydrogen-bond donors (Lipinski definition) is 1. The highest BCUT2D eigenvalue weighted by Gasteiger charge is 2.25. The molecule has 20 heavy (non-hydrogen) atoms. The highest BCUT2D eigenvalue weighted by molar-refractivity contribution is 5.83. The van der Waals surface area contributed by atoms with Crippen molar-refractivity contribution in [2.75, 3.05) is 0 Å². The summed E-state index contributed by atoms with van der Waals surface area (Å²) in [6, 6.07) is 16.1. The van der Waals surface area contributed by atoms with Crippen molar-refractivity contribution >= 4 is 10.9 Å². The monoisotopic (exact) mass is 266 g/mol. The third kappa shape index (κ3) is 2.06. The fourth-order valence-electron chi connectivity index (χ4n) is 2.51. The maximum Gasteiger partial charge on any atom is 0.123 e. The first-order valence-electron chi connectivity index (χ1n) is 6.48. The van der Waals surface area contributed by atoms with Crippen LogP contribution in [0.3, 0.4) is 0 Å². The minimum Gasteiger partial charge on any atom is -0.318 e. The first kappa shape index (κ1) is 12.8. The second kappa shape index (κ2) is 4.69. The average Bonchev–Trinajstić information content (AvgIpc) is 2.47. The van der Waals surface area contributed by atoms with Gasteiger partial charge in [-0.15, -0.1) is 0 Å². The quantitative estimate of drug-likeness (QED) is 0.769. The Morgan fingerprint density at radius 2 is 1.75 bits per heavy atom. The number of benzene rings is 2. The predicted octanol–water partition coefficient (Wildman–Crippen LogP) is 3.60. The van der Waals surface area contributed by atoms with E-state index in [1.54, 1.807) is 18.3 Å². The predicted molar refractivity (Wildman–Crippen MR) is 78.8 cm³/mol. The highest BCUT2D eigenvalue weighted by Crippen LogP contribution is 2.31. The molecule has 1 aromatic heterocycles. The number of pyridine rings is 1. The lowest BCUT2D eigenvalue weighted by Gasteiger charge is -2.27. The minimum absolute atomic E-state index is 0.260. The van der Waals surface area contributed by atoms with Crippen LogP contribution < -0.4 is 5.73 Å². The van der Waals surface area contributed by atoms with Crippen molar-refractivity contribution in [3.05, 3.63) is 77.7 Å². The summed E-state index contributed by atoms with van der Waals surface area (Å²) in [4.78, 5) is 4.35. The largest absolute Gasteiger partial charge is 0.318 e. The molecule has 0 aliphatic rings. The van der Waals surface area contributed by atoms with E-state index >= 15 is 0 Å². The van der Waals surface area contributed by atoms with Gasteiger partial charge >= 0.3 is 0 Å². The summed E-state index contributed by atoms with van der Waals surface area (Å²) in [5, 5.41) is 1.02. The number of nitrogens with two attached hydrogens (primary N) is 1. The summed E-state index contributed by atoms with van der Waals surface area (Å²) in [5.74, 6) is -0.260. The zero-order valence-corrected chi connectivity index (χ0v) is 11.2. The summed E-state index contributed by atoms with van der Waals surface area (Å²) < 4.78 is 13.1. The van der Waals surface area contributed by atoms with Crippen LogP contribution in [0.1, 0.15) is 18.1 Å². The van der Waals surface area contributed by atoms with E-state index in [0.29, 0.717) is 0 Å². The van der Waals surface area contributed by atoms with Crippen LogP contribution in [0, 0.1) is 5.82 Å². The van der Waals surface area contributed by atoms with Crippen molar-refractivity contribution in [3.63, 3.8) is 0 Å². The Bertz CT molecular complexity index is 743. The van der Waals surface area contributed by atoms with E-state index in [2.05, 4.69) is 4.98 Å². The van der Waals surface area contributed by atoms with Gasteiger partial charge < -0.3 is 5.73 Å². The second-order valence-electron chi connectivity index (χ2n) is 5.08. The Morgan fingerprint density at radius 1 is 1.00 bits per heavy atom. The normalized spacial score (nSPS) is 14.2. The minimum atomic E-state index is -0.698. The van der Waals surface area contributed by atoms with Gasteiger partial charge in [-0.05, 0) is 42.3 Å². The molecule has 0 fully saturated rings. The molecule has 0 radical (unpaired) electrons. The Balaban J connectivity index is 2.20. The topological polar surface area (TPSA) is 38.9 Å². The van der Waals surface area contributed by atoms with Gasteiger partial charge in [0.2, 0.25) is 0 Å². The Morgan fingerprint density at radius 3 is 2.50 bits per heavy atom. The number of hydrogen-bond acceptors (Lipinski definition) is 2. The molecule has 1 atom stereocenters. The fourth-order valence-corrected chi connectivity index (χ4v) is 2.51. The van der Waals surface area contributed by atoms with Crippen LogP contribution in [0.25, 0.3) is 10.9 Å². The first-order valence-corrected chi connectivity index (χ1v) is 6.48. The van der Waals surface area contributed by atoms with Crippen molar-refractivity contribution in [3.8, 4) is 0 Å². The molecule has 3 heteroatoms. The van der Waals surface area contributed by atoms with Gasteiger partial charge in [-0.2, -0.15) is 0 Å². The van der Waals surface area contributed by atoms with Crippen LogP contribution in [0.4, 0.5) is 4.39 Å². The highest BCUT2D eigenvalue weighted by atomic mass is 19.1. The molecule has 1 heterocycles. The molecule has 0 spiro atoms. The summed E-state index contributed by atoms with van der Waals surface area (Å²) in [6.07, 6.45) is 1.76. The summed E-state index contributed by atoms with van der Waals surface area (Å²) in [5.41, 5.74) is 8.59. The third-order valence-electron chi connectivity index (χ3n) is 3.65. The zero-order valence-electron chi connectivity index (χ0n) is 11.2. The third-order valence-corrected chi connectivity index (χ3v) is 3.65. The van der Waals surface area contributed by atoms with Crippen LogP contribution in [0.15, 0.2) is 60.8 Å². The molecule has 100 valence electrons. The van der Waals surface area contributed by atoms with Crippen molar-refractivity contribution in [2.45, 2.75) is 12.5 Å². The molecule has 0 aliphatic heterocycles. The van der Waals surface area contributed by atoms with Crippen molar-refractivity contribution < 1.29 is 4.39 Å². The molecule has 2 N–H and O–H groups in total. The van der Waals surface area contributed by atoms with Crippen LogP contribution in [0.2, 0.25) is 0 Å². The van der Waals surface area contributed by atoms with E-state index in [-0.39, 0.29) is 5.82 Å². The van der Waals surface area contributed by atoms with Crippen molar-refractivity contribution in [1.82, 2.24) is 4.98 Å². The molecular weight excluding hydrogens is 251 g/mol. The summed E-state index contributed by atoms with van der Waals surface area (Å²) >= 11 is 0. The average molecular weight is 266 g/mol. The Hall–Kier alpha value is -2.26. The van der Waals surface area contributed by atoms with Gasteiger partial charge in [0.05, 0.1) is 11.1 Å². The van der Waals surface area contributed by atoms with E-state index in [0.717, 1.165) is 22.0 Å². The van der Waals surface area contributed by atoms with Crippen molar-refractivity contribution in [2.24, 2.45) is 5.73 Å². The molecule has 1 unspecified atom stereocenters.